The number of carbonyl (C=O) groups excluding carboxylic acids is 2. The fourth-order valence-electron chi connectivity index (χ4n) is 3.40. The number of methoxy groups -OCH3 is 2. The lowest BCUT2D eigenvalue weighted by Gasteiger charge is -2.14. The molecule has 0 aromatic heterocycles. The van der Waals surface area contributed by atoms with E-state index in [9.17, 15) is 18.0 Å². The Morgan fingerprint density at radius 1 is 0.865 bits per heavy atom. The quantitative estimate of drug-likeness (QED) is 0.269. The number of amides is 2. The molecule has 3 aromatic rings. The molecule has 1 aliphatic heterocycles. The first-order chi connectivity index (χ1) is 17.8. The number of carbonyl (C=O) groups is 2. The summed E-state index contributed by atoms with van der Waals surface area (Å²) < 4.78 is 46.5. The van der Waals surface area contributed by atoms with E-state index in [0.717, 1.165) is 16.7 Å². The predicted octanol–water partition coefficient (Wildman–Crippen LogP) is 4.59. The maximum absolute atomic E-state index is 12.8. The lowest BCUT2D eigenvalue weighted by molar-refractivity contribution is -0.123. The highest BCUT2D eigenvalue weighted by Gasteiger charge is 2.34. The van der Waals surface area contributed by atoms with Crippen LogP contribution in [-0.4, -0.2) is 51.8 Å². The Hall–Kier alpha value is -3.96. The molecule has 1 aliphatic rings. The maximum Gasteiger partial charge on any atom is 0.339 e. The summed E-state index contributed by atoms with van der Waals surface area (Å²) in [7, 11) is -1.07. The molecule has 3 aromatic carbocycles. The fourth-order valence-corrected chi connectivity index (χ4v) is 5.19. The largest absolute Gasteiger partial charge is 0.497 e. The fraction of sp³-hybridized carbons (Fsp3) is 0.154. The van der Waals surface area contributed by atoms with Crippen LogP contribution in [0.15, 0.2) is 82.6 Å². The SMILES string of the molecule is COc1ccc(S(=O)(=O)Oc2cccc(/C=C3\SC(=O)N(CCOc4ccccc4OC)C3=O)c2)cc1. The molecular formula is C26H23NO8S2. The molecule has 11 heteroatoms. The van der Waals surface area contributed by atoms with E-state index < -0.39 is 21.3 Å². The van der Waals surface area contributed by atoms with E-state index in [-0.39, 0.29) is 28.7 Å². The molecule has 0 N–H and O–H groups in total. The second-order valence-corrected chi connectivity index (χ2v) is 10.2. The molecule has 1 fully saturated rings. The summed E-state index contributed by atoms with van der Waals surface area (Å²) in [6.45, 7) is 0.154. The number of para-hydroxylation sites is 2. The summed E-state index contributed by atoms with van der Waals surface area (Å²) in [4.78, 5) is 26.5. The molecule has 1 heterocycles. The number of benzene rings is 3. The molecule has 9 nitrogen and oxygen atoms in total. The van der Waals surface area contributed by atoms with Crippen LogP contribution in [-0.2, 0) is 14.9 Å². The zero-order valence-corrected chi connectivity index (χ0v) is 21.6. The molecule has 1 saturated heterocycles. The molecular weight excluding hydrogens is 518 g/mol. The third kappa shape index (κ3) is 6.25. The lowest BCUT2D eigenvalue weighted by atomic mass is 10.2. The molecule has 37 heavy (non-hydrogen) atoms. The summed E-state index contributed by atoms with van der Waals surface area (Å²) in [5, 5.41) is -0.422. The van der Waals surface area contributed by atoms with Gasteiger partial charge in [0.1, 0.15) is 23.0 Å². The summed E-state index contributed by atoms with van der Waals surface area (Å²) in [5.74, 6) is 1.17. The summed E-state index contributed by atoms with van der Waals surface area (Å²) in [5.41, 5.74) is 0.498. The molecule has 0 saturated carbocycles. The van der Waals surface area contributed by atoms with Crippen molar-refractivity contribution in [3.05, 3.63) is 83.3 Å². The van der Waals surface area contributed by atoms with Gasteiger partial charge in [0.05, 0.1) is 25.7 Å². The number of nitrogens with zero attached hydrogens (tertiary/aromatic N) is 1. The zero-order valence-electron chi connectivity index (χ0n) is 19.9. The highest BCUT2D eigenvalue weighted by atomic mass is 32.2. The number of ether oxygens (including phenoxy) is 3. The summed E-state index contributed by atoms with van der Waals surface area (Å²) in [6.07, 6.45) is 1.51. The van der Waals surface area contributed by atoms with Gasteiger partial charge in [-0.25, -0.2) is 0 Å². The normalized spacial score (nSPS) is 14.6. The van der Waals surface area contributed by atoms with Gasteiger partial charge in [-0.05, 0) is 71.9 Å². The van der Waals surface area contributed by atoms with Crippen molar-refractivity contribution in [3.8, 4) is 23.0 Å². The van der Waals surface area contributed by atoms with E-state index >= 15 is 0 Å². The van der Waals surface area contributed by atoms with Gasteiger partial charge in [0.15, 0.2) is 11.5 Å². The van der Waals surface area contributed by atoms with Crippen molar-refractivity contribution >= 4 is 39.1 Å². The van der Waals surface area contributed by atoms with E-state index in [0.29, 0.717) is 22.8 Å². The number of thioether (sulfide) groups is 1. The van der Waals surface area contributed by atoms with Gasteiger partial charge in [-0.1, -0.05) is 24.3 Å². The van der Waals surface area contributed by atoms with Crippen molar-refractivity contribution in [1.82, 2.24) is 4.90 Å². The van der Waals surface area contributed by atoms with Crippen molar-refractivity contribution in [2.45, 2.75) is 4.90 Å². The Morgan fingerprint density at radius 3 is 2.30 bits per heavy atom. The van der Waals surface area contributed by atoms with Gasteiger partial charge in [0, 0.05) is 0 Å². The highest BCUT2D eigenvalue weighted by molar-refractivity contribution is 8.18. The maximum atomic E-state index is 12.8. The van der Waals surface area contributed by atoms with E-state index in [1.165, 1.54) is 56.7 Å². The van der Waals surface area contributed by atoms with Gasteiger partial charge in [-0.2, -0.15) is 8.42 Å². The monoisotopic (exact) mass is 541 g/mol. The van der Waals surface area contributed by atoms with Crippen LogP contribution in [0.2, 0.25) is 0 Å². The van der Waals surface area contributed by atoms with E-state index in [4.69, 9.17) is 18.4 Å². The van der Waals surface area contributed by atoms with Crippen LogP contribution >= 0.6 is 11.8 Å². The summed E-state index contributed by atoms with van der Waals surface area (Å²) in [6, 6.07) is 19.1. The van der Waals surface area contributed by atoms with Crippen LogP contribution in [0.25, 0.3) is 6.08 Å². The molecule has 0 aliphatic carbocycles. The topological polar surface area (TPSA) is 108 Å². The van der Waals surface area contributed by atoms with Crippen LogP contribution in [0.1, 0.15) is 5.56 Å². The van der Waals surface area contributed by atoms with Gasteiger partial charge >= 0.3 is 10.1 Å². The van der Waals surface area contributed by atoms with Crippen LogP contribution < -0.4 is 18.4 Å². The van der Waals surface area contributed by atoms with Crippen molar-refractivity contribution in [2.24, 2.45) is 0 Å². The Labute approximate surface area is 218 Å². The molecule has 0 bridgehead atoms. The first-order valence-electron chi connectivity index (χ1n) is 11.0. The third-order valence-corrected chi connectivity index (χ3v) is 7.39. The van der Waals surface area contributed by atoms with Gasteiger partial charge in [-0.15, -0.1) is 0 Å². The Kier molecular flexibility index (Phi) is 8.04. The second-order valence-electron chi connectivity index (χ2n) is 7.62. The van der Waals surface area contributed by atoms with E-state index in [1.54, 1.807) is 30.3 Å². The van der Waals surface area contributed by atoms with Crippen molar-refractivity contribution in [1.29, 1.82) is 0 Å². The minimum atomic E-state index is -4.08. The Balaban J connectivity index is 1.42. The molecule has 0 spiro atoms. The average Bonchev–Trinajstić information content (AvgIpc) is 3.16. The Bertz CT molecular complexity index is 1430. The smallest absolute Gasteiger partial charge is 0.339 e. The third-order valence-electron chi connectivity index (χ3n) is 5.23. The van der Waals surface area contributed by atoms with Gasteiger partial charge in [0.25, 0.3) is 11.1 Å². The number of hydrogen-bond donors (Lipinski definition) is 0. The van der Waals surface area contributed by atoms with Crippen LogP contribution in [0.5, 0.6) is 23.0 Å². The minimum Gasteiger partial charge on any atom is -0.497 e. The molecule has 0 radical (unpaired) electrons. The van der Waals surface area contributed by atoms with Crippen LogP contribution in [0.3, 0.4) is 0 Å². The molecule has 4 rings (SSSR count). The zero-order chi connectivity index (χ0) is 26.4. The summed E-state index contributed by atoms with van der Waals surface area (Å²) >= 11 is 0.797. The lowest BCUT2D eigenvalue weighted by Crippen LogP contribution is -2.32. The number of hydrogen-bond acceptors (Lipinski definition) is 9. The molecule has 2 amide bonds. The van der Waals surface area contributed by atoms with Crippen molar-refractivity contribution < 1.29 is 36.4 Å². The average molecular weight is 542 g/mol. The van der Waals surface area contributed by atoms with Crippen LogP contribution in [0.4, 0.5) is 4.79 Å². The molecule has 192 valence electrons. The number of rotatable bonds is 10. The van der Waals surface area contributed by atoms with Gasteiger partial charge in [-0.3, -0.25) is 14.5 Å². The Morgan fingerprint density at radius 2 is 1.59 bits per heavy atom. The minimum absolute atomic E-state index is 0.0323. The highest BCUT2D eigenvalue weighted by Crippen LogP contribution is 2.33. The first-order valence-corrected chi connectivity index (χ1v) is 13.2. The van der Waals surface area contributed by atoms with Gasteiger partial charge in [0.2, 0.25) is 0 Å². The molecule has 0 unspecified atom stereocenters. The predicted molar refractivity (Wildman–Crippen MR) is 138 cm³/mol. The standard InChI is InChI=1S/C26H23NO8S2/c1-32-19-10-12-21(13-11-19)37(30,31)35-20-7-5-6-18(16-20)17-24-25(28)27(26(29)36-24)14-15-34-23-9-4-3-8-22(23)33-2/h3-13,16-17H,14-15H2,1-2H3/b24-17-. The molecule has 0 atom stereocenters. The van der Waals surface area contributed by atoms with Crippen molar-refractivity contribution in [2.75, 3.05) is 27.4 Å². The number of imide groups is 1. The van der Waals surface area contributed by atoms with E-state index in [1.807, 2.05) is 6.07 Å². The van der Waals surface area contributed by atoms with E-state index in [2.05, 4.69) is 0 Å². The van der Waals surface area contributed by atoms with Crippen molar-refractivity contribution in [3.63, 3.8) is 0 Å². The van der Waals surface area contributed by atoms with Gasteiger partial charge < -0.3 is 18.4 Å². The van der Waals surface area contributed by atoms with Crippen LogP contribution in [0, 0.1) is 0 Å². The second kappa shape index (κ2) is 11.4. The first kappa shape index (κ1) is 26.1.